The lowest BCUT2D eigenvalue weighted by atomic mass is 10.0. The first-order valence-corrected chi connectivity index (χ1v) is 10.7. The second kappa shape index (κ2) is 8.70. The lowest BCUT2D eigenvalue weighted by Crippen LogP contribution is -2.44. The number of carbonyl (C=O) groups excluding carboxylic acids is 1. The zero-order valence-electron chi connectivity index (χ0n) is 17.0. The largest absolute Gasteiger partial charge is 0.354 e. The maximum Gasteiger partial charge on any atom is 0.280 e. The van der Waals surface area contributed by atoms with Gasteiger partial charge in [-0.05, 0) is 43.2 Å². The number of nitriles is 1. The van der Waals surface area contributed by atoms with E-state index in [0.29, 0.717) is 11.6 Å². The van der Waals surface area contributed by atoms with Crippen LogP contribution in [0.3, 0.4) is 0 Å². The zero-order valence-corrected chi connectivity index (χ0v) is 17.9. The van der Waals surface area contributed by atoms with E-state index in [-0.39, 0.29) is 29.7 Å². The zero-order chi connectivity index (χ0) is 22.0. The Morgan fingerprint density at radius 2 is 2.03 bits per heavy atom. The number of amides is 1. The first-order chi connectivity index (χ1) is 15.0. The Balaban J connectivity index is 1.52. The molecule has 3 heterocycles. The predicted octanol–water partition coefficient (Wildman–Crippen LogP) is 4.01. The number of likely N-dealkylation sites (tertiary alicyclic amines) is 1. The average molecular weight is 437 g/mol. The van der Waals surface area contributed by atoms with Gasteiger partial charge in [-0.1, -0.05) is 6.92 Å². The topological polar surface area (TPSA) is 93.9 Å². The van der Waals surface area contributed by atoms with Crippen molar-refractivity contribution >= 4 is 28.6 Å². The summed E-state index contributed by atoms with van der Waals surface area (Å²) in [6.07, 6.45) is 7.18. The van der Waals surface area contributed by atoms with E-state index in [9.17, 15) is 14.4 Å². The fourth-order valence-electron chi connectivity index (χ4n) is 3.77. The van der Waals surface area contributed by atoms with Crippen LogP contribution in [0.25, 0.3) is 10.4 Å². The average Bonchev–Trinajstić information content (AvgIpc) is 3.36. The number of aromatic nitrogens is 2. The maximum absolute atomic E-state index is 13.2. The van der Waals surface area contributed by atoms with Gasteiger partial charge in [-0.2, -0.15) is 5.26 Å². The number of pyridine rings is 1. The lowest BCUT2D eigenvalue weighted by Gasteiger charge is -2.21. The Labute approximate surface area is 183 Å². The quantitative estimate of drug-likeness (QED) is 0.587. The molecule has 2 unspecified atom stereocenters. The Hall–Kier alpha value is -3.51. The van der Waals surface area contributed by atoms with Crippen LogP contribution in [0.5, 0.6) is 0 Å². The van der Waals surface area contributed by atoms with Crippen molar-refractivity contribution < 1.29 is 9.18 Å². The normalized spacial score (nSPS) is 20.3. The van der Waals surface area contributed by atoms with E-state index in [1.54, 1.807) is 35.6 Å². The van der Waals surface area contributed by atoms with Gasteiger partial charge < -0.3 is 15.5 Å². The molecule has 4 rings (SSSR count). The molecular weight excluding hydrogens is 415 g/mol. The molecule has 3 atom stereocenters. The van der Waals surface area contributed by atoms with Crippen molar-refractivity contribution in [2.75, 3.05) is 11.9 Å². The number of rotatable bonds is 5. The maximum atomic E-state index is 13.2. The summed E-state index contributed by atoms with van der Waals surface area (Å²) in [5.41, 5.74) is 2.30. The number of halogens is 1. The summed E-state index contributed by atoms with van der Waals surface area (Å²) in [7, 11) is 0. The molecule has 0 saturated carbocycles. The molecule has 1 aromatic carbocycles. The van der Waals surface area contributed by atoms with E-state index in [1.165, 1.54) is 23.5 Å². The molecular formula is C22H21FN6OS. The molecule has 1 fully saturated rings. The van der Waals surface area contributed by atoms with Gasteiger partial charge in [0.05, 0.1) is 28.8 Å². The SMILES string of the molecule is CC1CN(C#N)C(C)[C@@H]1NC(=O)c1ncc(-c2ccncc2Nc2ccc(F)cc2)s1. The number of nitrogens with one attached hydrogen (secondary N) is 2. The summed E-state index contributed by atoms with van der Waals surface area (Å²) in [6, 6.07) is 7.72. The van der Waals surface area contributed by atoms with Gasteiger partial charge in [-0.25, -0.2) is 9.37 Å². The summed E-state index contributed by atoms with van der Waals surface area (Å²) >= 11 is 1.28. The summed E-state index contributed by atoms with van der Waals surface area (Å²) in [5.74, 6) is -0.384. The van der Waals surface area contributed by atoms with Gasteiger partial charge in [0.2, 0.25) is 0 Å². The molecule has 1 aliphatic heterocycles. The number of hydrogen-bond donors (Lipinski definition) is 2. The number of nitrogens with zero attached hydrogens (tertiary/aromatic N) is 4. The van der Waals surface area contributed by atoms with Gasteiger partial charge in [-0.15, -0.1) is 11.3 Å². The van der Waals surface area contributed by atoms with Gasteiger partial charge in [0, 0.05) is 30.2 Å². The standard InChI is InChI=1S/C22H21FN6OS/c1-13-11-29(12-24)14(2)20(13)28-21(30)22-26-10-19(31-22)17-7-8-25-9-18(17)27-16-5-3-15(23)4-6-16/h3-10,13-14,20,27H,11H2,1-2H3,(H,28,30)/t13?,14?,20-/m1/s1. The number of carbonyl (C=O) groups is 1. The van der Waals surface area contributed by atoms with E-state index in [1.807, 2.05) is 19.9 Å². The van der Waals surface area contributed by atoms with Crippen LogP contribution in [0.2, 0.25) is 0 Å². The highest BCUT2D eigenvalue weighted by molar-refractivity contribution is 7.17. The highest BCUT2D eigenvalue weighted by atomic mass is 32.1. The highest BCUT2D eigenvalue weighted by Gasteiger charge is 2.37. The number of anilines is 2. The van der Waals surface area contributed by atoms with Crippen LogP contribution >= 0.6 is 11.3 Å². The molecule has 0 aliphatic carbocycles. The van der Waals surface area contributed by atoms with Crippen molar-refractivity contribution in [3.63, 3.8) is 0 Å². The molecule has 1 aliphatic rings. The van der Waals surface area contributed by atoms with E-state index >= 15 is 0 Å². The van der Waals surface area contributed by atoms with Crippen LogP contribution in [-0.4, -0.2) is 39.4 Å². The molecule has 2 N–H and O–H groups in total. The first-order valence-electron chi connectivity index (χ1n) is 9.86. The molecule has 31 heavy (non-hydrogen) atoms. The van der Waals surface area contributed by atoms with Crippen molar-refractivity contribution in [1.82, 2.24) is 20.2 Å². The Morgan fingerprint density at radius 3 is 2.74 bits per heavy atom. The molecule has 0 spiro atoms. The van der Waals surface area contributed by atoms with Crippen LogP contribution in [0.1, 0.15) is 23.6 Å². The Morgan fingerprint density at radius 1 is 1.26 bits per heavy atom. The smallest absolute Gasteiger partial charge is 0.280 e. The minimum atomic E-state index is -0.307. The van der Waals surface area contributed by atoms with E-state index < -0.39 is 0 Å². The van der Waals surface area contributed by atoms with E-state index in [2.05, 4.69) is 26.8 Å². The fraction of sp³-hybridized carbons (Fsp3) is 0.273. The summed E-state index contributed by atoms with van der Waals surface area (Å²) < 4.78 is 13.2. The van der Waals surface area contributed by atoms with Crippen molar-refractivity contribution in [3.8, 4) is 16.6 Å². The first kappa shape index (κ1) is 20.8. The van der Waals surface area contributed by atoms with Gasteiger partial charge in [0.1, 0.15) is 5.82 Å². The predicted molar refractivity (Wildman–Crippen MR) is 117 cm³/mol. The molecule has 7 nitrogen and oxygen atoms in total. The van der Waals surface area contributed by atoms with Gasteiger partial charge >= 0.3 is 0 Å². The van der Waals surface area contributed by atoms with Crippen LogP contribution in [0.4, 0.5) is 15.8 Å². The Bertz CT molecular complexity index is 1130. The molecule has 2 aromatic heterocycles. The second-order valence-electron chi connectivity index (χ2n) is 7.55. The minimum Gasteiger partial charge on any atom is -0.354 e. The summed E-state index contributed by atoms with van der Waals surface area (Å²) in [5, 5.41) is 15.8. The fourth-order valence-corrected chi connectivity index (χ4v) is 4.63. The van der Waals surface area contributed by atoms with Crippen LogP contribution in [-0.2, 0) is 0 Å². The van der Waals surface area contributed by atoms with Crippen molar-refractivity contribution in [2.24, 2.45) is 5.92 Å². The lowest BCUT2D eigenvalue weighted by molar-refractivity contribution is 0.0923. The third kappa shape index (κ3) is 4.34. The number of benzene rings is 1. The third-order valence-corrected chi connectivity index (χ3v) is 6.47. The summed E-state index contributed by atoms with van der Waals surface area (Å²) in [4.78, 5) is 23.8. The van der Waals surface area contributed by atoms with E-state index in [0.717, 1.165) is 21.8 Å². The van der Waals surface area contributed by atoms with Gasteiger partial charge in [0.25, 0.3) is 5.91 Å². The number of hydrogen-bond acceptors (Lipinski definition) is 7. The van der Waals surface area contributed by atoms with Crippen LogP contribution in [0, 0.1) is 23.2 Å². The molecule has 3 aromatic rings. The monoisotopic (exact) mass is 436 g/mol. The molecule has 158 valence electrons. The van der Waals surface area contributed by atoms with E-state index in [4.69, 9.17) is 0 Å². The highest BCUT2D eigenvalue weighted by Crippen LogP contribution is 2.33. The van der Waals surface area contributed by atoms with Crippen LogP contribution in [0.15, 0.2) is 48.9 Å². The molecule has 9 heteroatoms. The van der Waals surface area contributed by atoms with Gasteiger partial charge in [0.15, 0.2) is 11.2 Å². The second-order valence-corrected chi connectivity index (χ2v) is 8.58. The van der Waals surface area contributed by atoms with Crippen molar-refractivity contribution in [2.45, 2.75) is 25.9 Å². The molecule has 1 saturated heterocycles. The molecule has 0 bridgehead atoms. The summed E-state index contributed by atoms with van der Waals surface area (Å²) in [6.45, 7) is 4.59. The van der Waals surface area contributed by atoms with Crippen molar-refractivity contribution in [3.05, 3.63) is 59.7 Å². The van der Waals surface area contributed by atoms with Crippen LogP contribution < -0.4 is 10.6 Å². The molecule has 0 radical (unpaired) electrons. The van der Waals surface area contributed by atoms with Gasteiger partial charge in [-0.3, -0.25) is 9.78 Å². The number of thiazole rings is 1. The minimum absolute atomic E-state index is 0.0601. The third-order valence-electron chi connectivity index (χ3n) is 5.44. The Kier molecular flexibility index (Phi) is 5.82. The van der Waals surface area contributed by atoms with Crippen molar-refractivity contribution in [1.29, 1.82) is 5.26 Å². The molecule has 1 amide bonds.